The Morgan fingerprint density at radius 2 is 2.25 bits per heavy atom. The largest absolute Gasteiger partial charge is 0.376 e. The summed E-state index contributed by atoms with van der Waals surface area (Å²) in [6.45, 7) is 4.02. The van der Waals surface area contributed by atoms with Crippen LogP contribution in [0.15, 0.2) is 29.6 Å². The van der Waals surface area contributed by atoms with Gasteiger partial charge in [-0.05, 0) is 42.2 Å². The van der Waals surface area contributed by atoms with Crippen molar-refractivity contribution >= 4 is 27.3 Å². The fraction of sp³-hybridized carbons (Fsp3) is 0.526. The topological polar surface area (TPSA) is 38.8 Å². The van der Waals surface area contributed by atoms with Crippen LogP contribution in [0.25, 0.3) is 10.1 Å². The van der Waals surface area contributed by atoms with Crippen molar-refractivity contribution in [1.29, 1.82) is 0 Å². The third-order valence-corrected chi connectivity index (χ3v) is 6.15. The number of hydrogen-bond donors (Lipinski definition) is 0. The second kappa shape index (κ2) is 6.82. The van der Waals surface area contributed by atoms with Gasteiger partial charge in [-0.3, -0.25) is 4.79 Å². The summed E-state index contributed by atoms with van der Waals surface area (Å²) < 4.78 is 13.0. The van der Waals surface area contributed by atoms with E-state index >= 15 is 0 Å². The lowest BCUT2D eigenvalue weighted by Crippen LogP contribution is -2.54. The highest BCUT2D eigenvalue weighted by Crippen LogP contribution is 2.33. The smallest absolute Gasteiger partial charge is 0.227 e. The van der Waals surface area contributed by atoms with Crippen molar-refractivity contribution in [3.05, 3.63) is 35.2 Å². The monoisotopic (exact) mass is 345 g/mol. The van der Waals surface area contributed by atoms with E-state index in [2.05, 4.69) is 17.5 Å². The molecule has 2 aromatic rings. The number of carbonyl (C=O) groups is 1. The number of amides is 1. The minimum absolute atomic E-state index is 0.0434. The van der Waals surface area contributed by atoms with E-state index in [1.54, 1.807) is 11.3 Å². The van der Waals surface area contributed by atoms with Gasteiger partial charge in [0.1, 0.15) is 6.10 Å². The lowest BCUT2D eigenvalue weighted by Gasteiger charge is -2.39. The van der Waals surface area contributed by atoms with E-state index in [9.17, 15) is 4.79 Å². The van der Waals surface area contributed by atoms with Gasteiger partial charge in [0.2, 0.25) is 5.91 Å². The highest BCUT2D eigenvalue weighted by Gasteiger charge is 2.44. The van der Waals surface area contributed by atoms with Gasteiger partial charge >= 0.3 is 0 Å². The predicted molar refractivity (Wildman–Crippen MR) is 95.4 cm³/mol. The summed E-state index contributed by atoms with van der Waals surface area (Å²) in [7, 11) is 0. The van der Waals surface area contributed by atoms with Crippen LogP contribution < -0.4 is 0 Å². The van der Waals surface area contributed by atoms with Crippen LogP contribution in [0.3, 0.4) is 0 Å². The summed E-state index contributed by atoms with van der Waals surface area (Å²) in [4.78, 5) is 15.0. The number of hydrogen-bond acceptors (Lipinski definition) is 4. The number of morpholine rings is 1. The minimum atomic E-state index is 0.0434. The van der Waals surface area contributed by atoms with Crippen molar-refractivity contribution in [1.82, 2.24) is 4.90 Å². The van der Waals surface area contributed by atoms with Crippen LogP contribution in [0.4, 0.5) is 0 Å². The Hall–Kier alpha value is -1.43. The maximum atomic E-state index is 13.0. The molecule has 1 aliphatic heterocycles. The molecular weight excluding hydrogens is 322 g/mol. The summed E-state index contributed by atoms with van der Waals surface area (Å²) in [5, 5.41) is 3.33. The van der Waals surface area contributed by atoms with Crippen molar-refractivity contribution in [2.75, 3.05) is 19.8 Å². The van der Waals surface area contributed by atoms with Gasteiger partial charge in [-0.1, -0.05) is 18.2 Å². The first-order chi connectivity index (χ1) is 11.8. The van der Waals surface area contributed by atoms with E-state index in [-0.39, 0.29) is 24.2 Å². The van der Waals surface area contributed by atoms with Gasteiger partial charge in [-0.15, -0.1) is 11.3 Å². The molecule has 0 bridgehead atoms. The maximum Gasteiger partial charge on any atom is 0.227 e. The highest BCUT2D eigenvalue weighted by molar-refractivity contribution is 7.17. The lowest BCUT2D eigenvalue weighted by molar-refractivity contribution is -0.150. The van der Waals surface area contributed by atoms with Gasteiger partial charge in [-0.25, -0.2) is 0 Å². The third kappa shape index (κ3) is 2.85. The molecule has 1 aromatic carbocycles. The molecule has 2 fully saturated rings. The summed E-state index contributed by atoms with van der Waals surface area (Å²) in [5.74, 6) is 0.217. The fourth-order valence-corrected chi connectivity index (χ4v) is 5.01. The van der Waals surface area contributed by atoms with Gasteiger partial charge in [-0.2, -0.15) is 0 Å². The molecule has 4 rings (SSSR count). The Morgan fingerprint density at radius 1 is 1.38 bits per heavy atom. The van der Waals surface area contributed by atoms with E-state index in [0.717, 1.165) is 18.4 Å². The molecule has 1 saturated heterocycles. The van der Waals surface area contributed by atoms with Gasteiger partial charge in [0, 0.05) is 17.9 Å². The Morgan fingerprint density at radius 3 is 3.12 bits per heavy atom. The maximum absolute atomic E-state index is 13.0. The average Bonchev–Trinajstić information content (AvgIpc) is 3.20. The molecular formula is C19H23NO3S. The second-order valence-corrected chi connectivity index (χ2v) is 7.41. The van der Waals surface area contributed by atoms with Crippen molar-refractivity contribution in [2.24, 2.45) is 0 Å². The number of fused-ring (bicyclic) bond motifs is 2. The summed E-state index contributed by atoms with van der Waals surface area (Å²) >= 11 is 1.71. The molecule has 1 saturated carbocycles. The molecule has 0 N–H and O–H groups in total. The normalized spacial score (nSPS) is 26.7. The van der Waals surface area contributed by atoms with Crippen LogP contribution in [0.5, 0.6) is 0 Å². The molecule has 0 spiro atoms. The van der Waals surface area contributed by atoms with E-state index in [0.29, 0.717) is 26.2 Å². The number of rotatable bonds is 4. The second-order valence-electron chi connectivity index (χ2n) is 6.49. The fourth-order valence-electron chi connectivity index (χ4n) is 4.05. The van der Waals surface area contributed by atoms with E-state index in [1.807, 2.05) is 24.0 Å². The highest BCUT2D eigenvalue weighted by atomic mass is 32.1. The predicted octanol–water partition coefficient (Wildman–Crippen LogP) is 3.24. The van der Waals surface area contributed by atoms with Crippen molar-refractivity contribution < 1.29 is 14.3 Å². The van der Waals surface area contributed by atoms with Gasteiger partial charge in [0.15, 0.2) is 0 Å². The van der Waals surface area contributed by atoms with Crippen molar-refractivity contribution in [2.45, 2.75) is 44.4 Å². The van der Waals surface area contributed by atoms with Crippen LogP contribution in [0, 0.1) is 0 Å². The van der Waals surface area contributed by atoms with Crippen LogP contribution >= 0.6 is 11.3 Å². The quantitative estimate of drug-likeness (QED) is 0.854. The van der Waals surface area contributed by atoms with Gasteiger partial charge in [0.05, 0.1) is 25.2 Å². The molecule has 24 heavy (non-hydrogen) atoms. The first kappa shape index (κ1) is 16.1. The Kier molecular flexibility index (Phi) is 4.57. The van der Waals surface area contributed by atoms with E-state index < -0.39 is 0 Å². The molecule has 1 aromatic heterocycles. The zero-order chi connectivity index (χ0) is 16.5. The van der Waals surface area contributed by atoms with Crippen LogP contribution in [0.2, 0.25) is 0 Å². The molecule has 3 atom stereocenters. The summed E-state index contributed by atoms with van der Waals surface area (Å²) in [6, 6.07) is 8.48. The molecule has 0 radical (unpaired) electrons. The average molecular weight is 345 g/mol. The van der Waals surface area contributed by atoms with Crippen LogP contribution in [-0.2, 0) is 20.7 Å². The molecule has 2 heterocycles. The Labute approximate surface area is 146 Å². The summed E-state index contributed by atoms with van der Waals surface area (Å²) in [5.41, 5.74) is 1.14. The van der Waals surface area contributed by atoms with Gasteiger partial charge in [0.25, 0.3) is 0 Å². The number of carbonyl (C=O) groups excluding carboxylic acids is 1. The Balaban J connectivity index is 1.50. The number of thiophene rings is 1. The first-order valence-corrected chi connectivity index (χ1v) is 9.63. The zero-order valence-corrected chi connectivity index (χ0v) is 14.8. The van der Waals surface area contributed by atoms with Crippen molar-refractivity contribution in [3.8, 4) is 0 Å². The standard InChI is InChI=1S/C19H23NO3S/c1-2-22-16-8-7-15-19(16)23-10-9-20(15)18(21)11-13-12-24-17-6-4-3-5-14(13)17/h3-6,12,15-16,19H,2,7-11H2,1H3/t15-,16-,19+/m0/s1. The number of benzene rings is 1. The minimum Gasteiger partial charge on any atom is -0.376 e. The Bertz CT molecular complexity index is 728. The number of ether oxygens (including phenoxy) is 2. The van der Waals surface area contributed by atoms with Crippen LogP contribution in [0.1, 0.15) is 25.3 Å². The molecule has 128 valence electrons. The van der Waals surface area contributed by atoms with E-state index in [1.165, 1.54) is 10.1 Å². The first-order valence-electron chi connectivity index (χ1n) is 8.75. The molecule has 2 aliphatic rings. The molecule has 4 nitrogen and oxygen atoms in total. The third-order valence-electron chi connectivity index (χ3n) is 5.14. The molecule has 0 unspecified atom stereocenters. The molecule has 1 aliphatic carbocycles. The number of nitrogens with zero attached hydrogens (tertiary/aromatic N) is 1. The van der Waals surface area contributed by atoms with Crippen molar-refractivity contribution in [3.63, 3.8) is 0 Å². The zero-order valence-electron chi connectivity index (χ0n) is 13.9. The van der Waals surface area contributed by atoms with Crippen LogP contribution in [-0.4, -0.2) is 48.8 Å². The van der Waals surface area contributed by atoms with E-state index in [4.69, 9.17) is 9.47 Å². The molecule has 5 heteroatoms. The summed E-state index contributed by atoms with van der Waals surface area (Å²) in [6.07, 6.45) is 2.62. The van der Waals surface area contributed by atoms with Gasteiger partial charge < -0.3 is 14.4 Å². The lowest BCUT2D eigenvalue weighted by atomic mass is 10.1. The SMILES string of the molecule is CCO[C@H]1CC[C@H]2[C@H]1OCCN2C(=O)Cc1csc2ccccc12. The molecule has 1 amide bonds.